The van der Waals surface area contributed by atoms with E-state index in [1.54, 1.807) is 12.1 Å². The summed E-state index contributed by atoms with van der Waals surface area (Å²) in [4.78, 5) is 10.7. The van der Waals surface area contributed by atoms with Gasteiger partial charge in [-0.1, -0.05) is 30.3 Å². The van der Waals surface area contributed by atoms with Gasteiger partial charge in [-0.05, 0) is 36.6 Å². The third kappa shape index (κ3) is 3.42. The summed E-state index contributed by atoms with van der Waals surface area (Å²) in [6.45, 7) is 0. The minimum absolute atomic E-state index is 0.145. The lowest BCUT2D eigenvalue weighted by Gasteiger charge is -2.14. The summed E-state index contributed by atoms with van der Waals surface area (Å²) in [5.41, 5.74) is 8.46. The van der Waals surface area contributed by atoms with Crippen LogP contribution < -0.4 is 5.73 Å². The molecule has 2 aromatic carbocycles. The van der Waals surface area contributed by atoms with Gasteiger partial charge in [0.25, 0.3) is 0 Å². The molecule has 0 aliphatic carbocycles. The number of phenols is 1. The second-order valence-corrected chi connectivity index (χ2v) is 4.57. The quantitative estimate of drug-likeness (QED) is 0.807. The van der Waals surface area contributed by atoms with E-state index in [0.717, 1.165) is 19.1 Å². The number of aromatic hydroxyl groups is 1. The third-order valence-corrected chi connectivity index (χ3v) is 3.17. The number of hydrogen-bond donors (Lipinski definition) is 2. The van der Waals surface area contributed by atoms with Crippen molar-refractivity contribution in [1.82, 2.24) is 0 Å². The molecular formula is C16H17NO2. The van der Waals surface area contributed by atoms with Gasteiger partial charge in [-0.2, -0.15) is 0 Å². The number of benzene rings is 2. The monoisotopic (exact) mass is 255 g/mol. The third-order valence-electron chi connectivity index (χ3n) is 3.17. The van der Waals surface area contributed by atoms with Crippen molar-refractivity contribution >= 4 is 6.29 Å². The fourth-order valence-corrected chi connectivity index (χ4v) is 2.07. The molecule has 0 bridgehead atoms. The van der Waals surface area contributed by atoms with Crippen LogP contribution in [0.15, 0.2) is 48.5 Å². The van der Waals surface area contributed by atoms with Gasteiger partial charge in [0.1, 0.15) is 12.0 Å². The van der Waals surface area contributed by atoms with Gasteiger partial charge in [0.2, 0.25) is 0 Å². The maximum absolute atomic E-state index is 10.7. The normalized spacial score (nSPS) is 12.1. The van der Waals surface area contributed by atoms with Gasteiger partial charge in [-0.15, -0.1) is 0 Å². The van der Waals surface area contributed by atoms with Crippen LogP contribution in [0.4, 0.5) is 0 Å². The minimum Gasteiger partial charge on any atom is -0.508 e. The van der Waals surface area contributed by atoms with Crippen molar-refractivity contribution in [3.63, 3.8) is 0 Å². The van der Waals surface area contributed by atoms with Gasteiger partial charge in [-0.25, -0.2) is 0 Å². The largest absolute Gasteiger partial charge is 0.508 e. The first-order valence-corrected chi connectivity index (χ1v) is 6.28. The minimum atomic E-state index is -0.278. The van der Waals surface area contributed by atoms with E-state index in [9.17, 15) is 9.90 Å². The van der Waals surface area contributed by atoms with Crippen molar-refractivity contribution in [2.75, 3.05) is 0 Å². The Balaban J connectivity index is 2.07. The molecule has 0 spiro atoms. The van der Waals surface area contributed by atoms with Crippen molar-refractivity contribution in [2.45, 2.75) is 18.9 Å². The zero-order valence-electron chi connectivity index (χ0n) is 10.6. The fraction of sp³-hybridized carbons (Fsp3) is 0.188. The van der Waals surface area contributed by atoms with Gasteiger partial charge in [0.15, 0.2) is 0 Å². The Morgan fingerprint density at radius 2 is 1.89 bits per heavy atom. The number of aldehydes is 1. The molecule has 0 radical (unpaired) electrons. The summed E-state index contributed by atoms with van der Waals surface area (Å²) in [7, 11) is 0. The first-order valence-electron chi connectivity index (χ1n) is 6.28. The van der Waals surface area contributed by atoms with Gasteiger partial charge in [-0.3, -0.25) is 4.79 Å². The molecule has 1 atom stereocenters. The summed E-state index contributed by atoms with van der Waals surface area (Å²) in [5.74, 6) is 0.145. The van der Waals surface area contributed by atoms with E-state index < -0.39 is 0 Å². The molecule has 0 heterocycles. The van der Waals surface area contributed by atoms with Crippen LogP contribution in [0.3, 0.4) is 0 Å². The number of carbonyl (C=O) groups is 1. The highest BCUT2D eigenvalue weighted by Crippen LogP contribution is 2.26. The van der Waals surface area contributed by atoms with E-state index in [0.29, 0.717) is 11.1 Å². The topological polar surface area (TPSA) is 63.3 Å². The van der Waals surface area contributed by atoms with Crippen LogP contribution in [0.2, 0.25) is 0 Å². The molecule has 19 heavy (non-hydrogen) atoms. The van der Waals surface area contributed by atoms with Gasteiger partial charge < -0.3 is 10.8 Å². The standard InChI is InChI=1S/C16H17NO2/c17-15(8-6-12-4-2-1-3-5-12)14-10-13(11-18)7-9-16(14)19/h1-5,7,9-11,15,19H,6,8,17H2. The molecule has 3 nitrogen and oxygen atoms in total. The van der Waals surface area contributed by atoms with Crippen molar-refractivity contribution < 1.29 is 9.90 Å². The van der Waals surface area contributed by atoms with Crippen molar-refractivity contribution in [2.24, 2.45) is 5.73 Å². The van der Waals surface area contributed by atoms with E-state index in [4.69, 9.17) is 5.73 Å². The van der Waals surface area contributed by atoms with E-state index in [1.807, 2.05) is 18.2 Å². The van der Waals surface area contributed by atoms with Crippen LogP contribution in [0.25, 0.3) is 0 Å². The molecule has 3 N–H and O–H groups in total. The number of phenolic OH excluding ortho intramolecular Hbond substituents is 1. The predicted molar refractivity (Wildman–Crippen MR) is 75.2 cm³/mol. The first-order chi connectivity index (χ1) is 9.20. The summed E-state index contributed by atoms with van der Waals surface area (Å²) >= 11 is 0. The Morgan fingerprint density at radius 3 is 2.58 bits per heavy atom. The summed E-state index contributed by atoms with van der Waals surface area (Å²) in [5, 5.41) is 9.80. The molecule has 98 valence electrons. The molecule has 3 heteroatoms. The maximum Gasteiger partial charge on any atom is 0.150 e. The molecule has 2 rings (SSSR count). The number of rotatable bonds is 5. The molecule has 0 amide bonds. The highest BCUT2D eigenvalue weighted by molar-refractivity contribution is 5.75. The Hall–Kier alpha value is -2.13. The smallest absolute Gasteiger partial charge is 0.150 e. The Bertz CT molecular complexity index is 552. The molecular weight excluding hydrogens is 238 g/mol. The Morgan fingerprint density at radius 1 is 1.16 bits per heavy atom. The van der Waals surface area contributed by atoms with Crippen LogP contribution in [-0.4, -0.2) is 11.4 Å². The lowest BCUT2D eigenvalue weighted by Crippen LogP contribution is -2.12. The highest BCUT2D eigenvalue weighted by Gasteiger charge is 2.11. The number of hydrogen-bond acceptors (Lipinski definition) is 3. The molecule has 0 aliphatic rings. The van der Waals surface area contributed by atoms with Crippen LogP contribution >= 0.6 is 0 Å². The Kier molecular flexibility index (Phi) is 4.31. The SMILES string of the molecule is NC(CCc1ccccc1)c1cc(C=O)ccc1O. The van der Waals surface area contributed by atoms with Crippen LogP contribution in [0, 0.1) is 0 Å². The lowest BCUT2D eigenvalue weighted by molar-refractivity contribution is 0.112. The first kappa shape index (κ1) is 13.3. The van der Waals surface area contributed by atoms with Crippen LogP contribution in [0.5, 0.6) is 5.75 Å². The van der Waals surface area contributed by atoms with Crippen molar-refractivity contribution in [3.05, 3.63) is 65.2 Å². The second-order valence-electron chi connectivity index (χ2n) is 4.57. The van der Waals surface area contributed by atoms with Crippen LogP contribution in [-0.2, 0) is 6.42 Å². The predicted octanol–water partition coefficient (Wildman–Crippen LogP) is 2.84. The van der Waals surface area contributed by atoms with E-state index >= 15 is 0 Å². The van der Waals surface area contributed by atoms with E-state index in [1.165, 1.54) is 11.6 Å². The molecule has 0 aromatic heterocycles. The summed E-state index contributed by atoms with van der Waals surface area (Å²) in [6, 6.07) is 14.5. The molecule has 2 aromatic rings. The molecule has 0 saturated heterocycles. The molecule has 1 unspecified atom stereocenters. The maximum atomic E-state index is 10.7. The number of aryl methyl sites for hydroxylation is 1. The molecule has 0 aliphatic heterocycles. The number of carbonyl (C=O) groups excluding carboxylic acids is 1. The molecule has 0 fully saturated rings. The Labute approximate surface area is 112 Å². The lowest BCUT2D eigenvalue weighted by atomic mass is 9.97. The zero-order valence-corrected chi connectivity index (χ0v) is 10.6. The van der Waals surface area contributed by atoms with Crippen molar-refractivity contribution in [1.29, 1.82) is 0 Å². The van der Waals surface area contributed by atoms with E-state index in [2.05, 4.69) is 12.1 Å². The van der Waals surface area contributed by atoms with E-state index in [-0.39, 0.29) is 11.8 Å². The van der Waals surface area contributed by atoms with Gasteiger partial charge in [0.05, 0.1) is 0 Å². The average molecular weight is 255 g/mol. The second kappa shape index (κ2) is 6.16. The summed E-state index contributed by atoms with van der Waals surface area (Å²) < 4.78 is 0. The number of nitrogens with two attached hydrogens (primary N) is 1. The molecule has 0 saturated carbocycles. The fourth-order valence-electron chi connectivity index (χ4n) is 2.07. The van der Waals surface area contributed by atoms with Crippen molar-refractivity contribution in [3.8, 4) is 5.75 Å². The average Bonchev–Trinajstić information content (AvgIpc) is 2.46. The summed E-state index contributed by atoms with van der Waals surface area (Å²) in [6.07, 6.45) is 2.32. The highest BCUT2D eigenvalue weighted by atomic mass is 16.3. The van der Waals surface area contributed by atoms with Gasteiger partial charge in [0, 0.05) is 17.2 Å². The van der Waals surface area contributed by atoms with Gasteiger partial charge >= 0.3 is 0 Å². The zero-order chi connectivity index (χ0) is 13.7. The van der Waals surface area contributed by atoms with Crippen LogP contribution in [0.1, 0.15) is 33.9 Å².